The maximum atomic E-state index is 11.9. The lowest BCUT2D eigenvalue weighted by atomic mass is 10.1. The summed E-state index contributed by atoms with van der Waals surface area (Å²) in [4.78, 5) is 26.8. The first-order valence-electron chi connectivity index (χ1n) is 8.03. The Morgan fingerprint density at radius 2 is 2.25 bits per heavy atom. The minimum absolute atomic E-state index is 0.114. The summed E-state index contributed by atoms with van der Waals surface area (Å²) in [6.45, 7) is 3.98. The van der Waals surface area contributed by atoms with E-state index < -0.39 is 6.61 Å². The minimum Gasteiger partial charge on any atom is -0.387 e. The summed E-state index contributed by atoms with van der Waals surface area (Å²) in [5.74, 6) is 1.77. The number of nitrogens with zero attached hydrogens (tertiary/aromatic N) is 4. The fourth-order valence-electron chi connectivity index (χ4n) is 3.03. The molecule has 1 saturated heterocycles. The molecule has 1 fully saturated rings. The van der Waals surface area contributed by atoms with Crippen LogP contribution < -0.4 is 5.32 Å². The van der Waals surface area contributed by atoms with Crippen LogP contribution in [-0.2, 0) is 4.79 Å². The molecule has 3 rings (SSSR count). The molecule has 0 aliphatic carbocycles. The fourth-order valence-corrected chi connectivity index (χ4v) is 3.03. The van der Waals surface area contributed by atoms with E-state index in [4.69, 9.17) is 5.11 Å². The molecule has 1 aliphatic heterocycles. The highest BCUT2D eigenvalue weighted by Crippen LogP contribution is 2.32. The summed E-state index contributed by atoms with van der Waals surface area (Å²) < 4.78 is 0. The number of carbonyl (C=O) groups is 1. The van der Waals surface area contributed by atoms with Crippen molar-refractivity contribution in [1.82, 2.24) is 19.9 Å². The van der Waals surface area contributed by atoms with E-state index in [2.05, 4.69) is 20.3 Å². The van der Waals surface area contributed by atoms with Crippen LogP contribution in [0.15, 0.2) is 24.4 Å². The lowest BCUT2D eigenvalue weighted by Crippen LogP contribution is -2.33. The first-order valence-corrected chi connectivity index (χ1v) is 8.03. The van der Waals surface area contributed by atoms with Crippen LogP contribution in [0, 0.1) is 13.8 Å². The highest BCUT2D eigenvalue weighted by molar-refractivity contribution is 5.78. The van der Waals surface area contributed by atoms with Crippen LogP contribution in [0.1, 0.15) is 36.0 Å². The number of rotatable bonds is 4. The third kappa shape index (κ3) is 3.35. The number of aliphatic hydroxyl groups excluding tert-OH is 1. The minimum atomic E-state index is -0.473. The van der Waals surface area contributed by atoms with Crippen molar-refractivity contribution in [3.63, 3.8) is 0 Å². The van der Waals surface area contributed by atoms with Crippen LogP contribution in [0.5, 0.6) is 0 Å². The van der Waals surface area contributed by atoms with Gasteiger partial charge in [-0.3, -0.25) is 4.79 Å². The van der Waals surface area contributed by atoms with Gasteiger partial charge in [0.2, 0.25) is 5.91 Å². The fraction of sp³-hybridized carbons (Fsp3) is 0.412. The zero-order chi connectivity index (χ0) is 17.1. The van der Waals surface area contributed by atoms with Crippen LogP contribution in [0.2, 0.25) is 0 Å². The van der Waals surface area contributed by atoms with Crippen LogP contribution in [0.25, 0.3) is 0 Å². The van der Waals surface area contributed by atoms with Gasteiger partial charge in [-0.1, -0.05) is 6.07 Å². The maximum Gasteiger partial charge on any atom is 0.248 e. The number of nitrogens with one attached hydrogen (secondary N) is 1. The SMILES string of the molecule is Cc1nc(Nc2ncccc2C)cc([C@@H]2CCCN2C(=O)CO)n1. The summed E-state index contributed by atoms with van der Waals surface area (Å²) in [7, 11) is 0. The van der Waals surface area contributed by atoms with Gasteiger partial charge < -0.3 is 15.3 Å². The first-order chi connectivity index (χ1) is 11.6. The molecule has 1 atom stereocenters. The Balaban J connectivity index is 1.89. The van der Waals surface area contributed by atoms with Gasteiger partial charge in [-0.25, -0.2) is 15.0 Å². The molecule has 0 aromatic carbocycles. The van der Waals surface area contributed by atoms with E-state index >= 15 is 0 Å². The first kappa shape index (κ1) is 16.3. The number of aliphatic hydroxyl groups is 1. The second-order valence-corrected chi connectivity index (χ2v) is 5.92. The van der Waals surface area contributed by atoms with Crippen molar-refractivity contribution in [2.24, 2.45) is 0 Å². The van der Waals surface area contributed by atoms with E-state index in [9.17, 15) is 4.79 Å². The average molecular weight is 327 g/mol. The van der Waals surface area contributed by atoms with Crippen LogP contribution >= 0.6 is 0 Å². The molecular formula is C17H21N5O2. The van der Waals surface area contributed by atoms with E-state index in [0.29, 0.717) is 18.2 Å². The largest absolute Gasteiger partial charge is 0.387 e. The van der Waals surface area contributed by atoms with E-state index in [1.807, 2.05) is 32.0 Å². The van der Waals surface area contributed by atoms with Crippen LogP contribution in [0.3, 0.4) is 0 Å². The summed E-state index contributed by atoms with van der Waals surface area (Å²) in [6, 6.07) is 5.60. The van der Waals surface area contributed by atoms with Gasteiger partial charge in [0.15, 0.2) is 0 Å². The molecule has 0 spiro atoms. The van der Waals surface area contributed by atoms with Crippen molar-refractivity contribution in [3.8, 4) is 0 Å². The van der Waals surface area contributed by atoms with Gasteiger partial charge in [0.1, 0.15) is 24.1 Å². The molecule has 126 valence electrons. The summed E-state index contributed by atoms with van der Waals surface area (Å²) >= 11 is 0. The lowest BCUT2D eigenvalue weighted by Gasteiger charge is -2.24. The van der Waals surface area contributed by atoms with Crippen molar-refractivity contribution >= 4 is 17.5 Å². The Bertz CT molecular complexity index is 750. The number of aromatic nitrogens is 3. The number of aryl methyl sites for hydroxylation is 2. The normalized spacial score (nSPS) is 17.1. The Labute approximate surface area is 140 Å². The monoisotopic (exact) mass is 327 g/mol. The van der Waals surface area contributed by atoms with Crippen molar-refractivity contribution in [3.05, 3.63) is 41.5 Å². The molecule has 2 aromatic rings. The number of hydrogen-bond donors (Lipinski definition) is 2. The molecule has 7 nitrogen and oxygen atoms in total. The summed E-state index contributed by atoms with van der Waals surface area (Å²) in [6.07, 6.45) is 3.47. The van der Waals surface area contributed by atoms with Gasteiger partial charge in [0, 0.05) is 18.8 Å². The van der Waals surface area contributed by atoms with Gasteiger partial charge in [-0.15, -0.1) is 0 Å². The molecule has 0 radical (unpaired) electrons. The number of amides is 1. The van der Waals surface area contributed by atoms with Gasteiger partial charge >= 0.3 is 0 Å². The molecule has 2 aromatic heterocycles. The predicted molar refractivity (Wildman–Crippen MR) is 89.8 cm³/mol. The topological polar surface area (TPSA) is 91.2 Å². The molecule has 2 N–H and O–H groups in total. The van der Waals surface area contributed by atoms with Crippen molar-refractivity contribution in [2.45, 2.75) is 32.7 Å². The summed E-state index contributed by atoms with van der Waals surface area (Å²) in [5, 5.41) is 12.4. The smallest absolute Gasteiger partial charge is 0.248 e. The van der Waals surface area contributed by atoms with Gasteiger partial charge in [0.25, 0.3) is 0 Å². The second kappa shape index (κ2) is 6.92. The zero-order valence-electron chi connectivity index (χ0n) is 13.9. The molecule has 7 heteroatoms. The van der Waals surface area contributed by atoms with E-state index in [-0.39, 0.29) is 11.9 Å². The molecule has 24 heavy (non-hydrogen) atoms. The van der Waals surface area contributed by atoms with Crippen molar-refractivity contribution < 1.29 is 9.90 Å². The second-order valence-electron chi connectivity index (χ2n) is 5.92. The third-order valence-electron chi connectivity index (χ3n) is 4.16. The number of carbonyl (C=O) groups excluding carboxylic acids is 1. The lowest BCUT2D eigenvalue weighted by molar-refractivity contribution is -0.135. The Kier molecular flexibility index (Phi) is 4.71. The number of anilines is 2. The summed E-state index contributed by atoms with van der Waals surface area (Å²) in [5.41, 5.74) is 1.81. The highest BCUT2D eigenvalue weighted by atomic mass is 16.3. The number of hydrogen-bond acceptors (Lipinski definition) is 6. The predicted octanol–water partition coefficient (Wildman–Crippen LogP) is 1.89. The molecule has 3 heterocycles. The van der Waals surface area contributed by atoms with E-state index in [1.54, 1.807) is 11.1 Å². The van der Waals surface area contributed by atoms with Crippen LogP contribution in [0.4, 0.5) is 11.6 Å². The van der Waals surface area contributed by atoms with Gasteiger partial charge in [-0.05, 0) is 38.3 Å². The van der Waals surface area contributed by atoms with Crippen LogP contribution in [-0.4, -0.2) is 44.0 Å². The highest BCUT2D eigenvalue weighted by Gasteiger charge is 2.30. The van der Waals surface area contributed by atoms with Gasteiger partial charge in [-0.2, -0.15) is 0 Å². The Hall–Kier alpha value is -2.54. The Morgan fingerprint density at radius 3 is 3.00 bits per heavy atom. The van der Waals surface area contributed by atoms with Gasteiger partial charge in [0.05, 0.1) is 11.7 Å². The molecular weight excluding hydrogens is 306 g/mol. The quantitative estimate of drug-likeness (QED) is 0.891. The van der Waals surface area contributed by atoms with Crippen molar-refractivity contribution in [2.75, 3.05) is 18.5 Å². The average Bonchev–Trinajstić information content (AvgIpc) is 3.05. The molecule has 1 aliphatic rings. The number of pyridine rings is 1. The van der Waals surface area contributed by atoms with E-state index in [0.717, 1.165) is 29.9 Å². The third-order valence-corrected chi connectivity index (χ3v) is 4.16. The maximum absolute atomic E-state index is 11.9. The molecule has 1 amide bonds. The zero-order valence-corrected chi connectivity index (χ0v) is 13.9. The van der Waals surface area contributed by atoms with E-state index in [1.165, 1.54) is 0 Å². The van der Waals surface area contributed by atoms with Crippen molar-refractivity contribution in [1.29, 1.82) is 0 Å². The Morgan fingerprint density at radius 1 is 1.42 bits per heavy atom. The standard InChI is InChI=1S/C17H21N5O2/c1-11-5-3-7-18-17(11)21-15-9-13(19-12(2)20-15)14-6-4-8-22(14)16(24)10-23/h3,5,7,9,14,23H,4,6,8,10H2,1-2H3,(H,18,19,20,21)/t14-/m0/s1. The molecule has 0 bridgehead atoms. The molecule has 0 saturated carbocycles. The number of likely N-dealkylation sites (tertiary alicyclic amines) is 1. The molecule has 0 unspecified atom stereocenters.